The molecule has 0 spiro atoms. The number of thiazole rings is 1. The summed E-state index contributed by atoms with van der Waals surface area (Å²) in [6.45, 7) is 8.12. The number of furan rings is 1. The highest BCUT2D eigenvalue weighted by molar-refractivity contribution is 7.13. The molecular formula is C17H20N4O2S. The van der Waals surface area contributed by atoms with E-state index in [1.807, 2.05) is 32.2 Å². The van der Waals surface area contributed by atoms with Gasteiger partial charge in [0.15, 0.2) is 10.8 Å². The van der Waals surface area contributed by atoms with Crippen LogP contribution < -0.4 is 5.32 Å². The zero-order valence-corrected chi connectivity index (χ0v) is 15.2. The van der Waals surface area contributed by atoms with Crippen LogP contribution in [0.4, 0.5) is 5.82 Å². The van der Waals surface area contributed by atoms with E-state index in [2.05, 4.69) is 36.2 Å². The van der Waals surface area contributed by atoms with E-state index < -0.39 is 0 Å². The van der Waals surface area contributed by atoms with Gasteiger partial charge in [-0.1, -0.05) is 20.8 Å². The minimum absolute atomic E-state index is 0.0777. The first-order valence-electron chi connectivity index (χ1n) is 7.62. The molecule has 0 aliphatic carbocycles. The van der Waals surface area contributed by atoms with Crippen LogP contribution in [0.3, 0.4) is 0 Å². The van der Waals surface area contributed by atoms with Crippen molar-refractivity contribution in [2.45, 2.75) is 33.1 Å². The number of carbonyl (C=O) groups is 1. The number of anilines is 1. The van der Waals surface area contributed by atoms with E-state index in [1.165, 1.54) is 11.3 Å². The lowest BCUT2D eigenvalue weighted by Gasteiger charge is -2.13. The normalized spacial score (nSPS) is 11.7. The molecule has 0 saturated heterocycles. The predicted octanol–water partition coefficient (Wildman–Crippen LogP) is 3.99. The van der Waals surface area contributed by atoms with Crippen molar-refractivity contribution in [1.82, 2.24) is 14.8 Å². The first-order chi connectivity index (χ1) is 11.2. The average Bonchev–Trinajstić information content (AvgIpc) is 3.18. The third-order valence-electron chi connectivity index (χ3n) is 3.58. The molecule has 3 aromatic rings. The highest BCUT2D eigenvalue weighted by Gasteiger charge is 2.21. The second-order valence-electron chi connectivity index (χ2n) is 6.69. The Bertz CT molecular complexity index is 883. The molecule has 0 bridgehead atoms. The van der Waals surface area contributed by atoms with Gasteiger partial charge in [-0.15, -0.1) is 11.3 Å². The van der Waals surface area contributed by atoms with Crippen LogP contribution in [0, 0.1) is 6.92 Å². The Kier molecular flexibility index (Phi) is 4.04. The van der Waals surface area contributed by atoms with E-state index in [1.54, 1.807) is 10.1 Å². The quantitative estimate of drug-likeness (QED) is 0.779. The molecule has 0 fully saturated rings. The number of nitrogens with one attached hydrogen (secondary N) is 1. The van der Waals surface area contributed by atoms with Gasteiger partial charge in [0, 0.05) is 23.9 Å². The van der Waals surface area contributed by atoms with Gasteiger partial charge in [-0.3, -0.25) is 9.48 Å². The standard InChI is InChI=1S/C17H20N4O2S/c1-10-6-7-12(23-10)16-18-11(9-24-16)15(22)19-14-8-13(17(2,3)4)20-21(14)5/h6-9H,1-5H3,(H,19,22). The Morgan fingerprint density at radius 3 is 2.67 bits per heavy atom. The molecule has 0 aliphatic rings. The third kappa shape index (κ3) is 3.26. The molecule has 3 aromatic heterocycles. The summed E-state index contributed by atoms with van der Waals surface area (Å²) in [4.78, 5) is 16.8. The maximum Gasteiger partial charge on any atom is 0.276 e. The zero-order valence-electron chi connectivity index (χ0n) is 14.4. The number of carbonyl (C=O) groups excluding carboxylic acids is 1. The Morgan fingerprint density at radius 1 is 1.33 bits per heavy atom. The molecule has 1 amide bonds. The fourth-order valence-corrected chi connectivity index (χ4v) is 2.93. The maximum atomic E-state index is 12.4. The lowest BCUT2D eigenvalue weighted by Crippen LogP contribution is -2.14. The van der Waals surface area contributed by atoms with E-state index in [9.17, 15) is 4.79 Å². The number of rotatable bonds is 3. The smallest absolute Gasteiger partial charge is 0.276 e. The van der Waals surface area contributed by atoms with Gasteiger partial charge in [0.25, 0.3) is 5.91 Å². The molecule has 0 radical (unpaired) electrons. The zero-order chi connectivity index (χ0) is 17.5. The molecule has 0 unspecified atom stereocenters. The van der Waals surface area contributed by atoms with Crippen LogP contribution in [0.2, 0.25) is 0 Å². The maximum absolute atomic E-state index is 12.4. The molecule has 3 heterocycles. The minimum atomic E-state index is -0.260. The largest absolute Gasteiger partial charge is 0.459 e. The monoisotopic (exact) mass is 344 g/mol. The summed E-state index contributed by atoms with van der Waals surface area (Å²) in [5.41, 5.74) is 1.21. The van der Waals surface area contributed by atoms with Gasteiger partial charge in [-0.2, -0.15) is 5.10 Å². The van der Waals surface area contributed by atoms with Crippen LogP contribution in [0.5, 0.6) is 0 Å². The fourth-order valence-electron chi connectivity index (χ4n) is 2.17. The van der Waals surface area contributed by atoms with Crippen molar-refractivity contribution in [1.29, 1.82) is 0 Å². The lowest BCUT2D eigenvalue weighted by molar-refractivity contribution is 0.102. The van der Waals surface area contributed by atoms with Crippen LogP contribution >= 0.6 is 11.3 Å². The molecule has 6 nitrogen and oxygen atoms in total. The Balaban J connectivity index is 1.79. The van der Waals surface area contributed by atoms with Gasteiger partial charge >= 0.3 is 0 Å². The second kappa shape index (κ2) is 5.90. The van der Waals surface area contributed by atoms with Gasteiger partial charge in [0.05, 0.1) is 5.69 Å². The van der Waals surface area contributed by atoms with E-state index >= 15 is 0 Å². The average molecular weight is 344 g/mol. The van der Waals surface area contributed by atoms with Crippen molar-refractivity contribution < 1.29 is 9.21 Å². The highest BCUT2D eigenvalue weighted by atomic mass is 32.1. The van der Waals surface area contributed by atoms with Crippen LogP contribution in [-0.4, -0.2) is 20.7 Å². The van der Waals surface area contributed by atoms with Crippen LogP contribution in [0.25, 0.3) is 10.8 Å². The number of aromatic nitrogens is 3. The highest BCUT2D eigenvalue weighted by Crippen LogP contribution is 2.27. The van der Waals surface area contributed by atoms with Crippen molar-refractivity contribution in [2.75, 3.05) is 5.32 Å². The summed E-state index contributed by atoms with van der Waals surface area (Å²) in [6.07, 6.45) is 0. The van der Waals surface area contributed by atoms with Crippen LogP contribution in [-0.2, 0) is 12.5 Å². The summed E-state index contributed by atoms with van der Waals surface area (Å²) < 4.78 is 7.21. The molecule has 126 valence electrons. The Labute approximate surface area is 144 Å². The van der Waals surface area contributed by atoms with Gasteiger partial charge < -0.3 is 9.73 Å². The number of hydrogen-bond donors (Lipinski definition) is 1. The third-order valence-corrected chi connectivity index (χ3v) is 4.43. The fraction of sp³-hybridized carbons (Fsp3) is 0.353. The van der Waals surface area contributed by atoms with Crippen molar-refractivity contribution in [3.05, 3.63) is 40.7 Å². The van der Waals surface area contributed by atoms with Crippen LogP contribution in [0.1, 0.15) is 42.7 Å². The molecule has 0 saturated carbocycles. The van der Waals surface area contributed by atoms with Gasteiger partial charge in [0.2, 0.25) is 0 Å². The van der Waals surface area contributed by atoms with E-state index in [4.69, 9.17) is 4.42 Å². The number of aryl methyl sites for hydroxylation is 2. The molecule has 24 heavy (non-hydrogen) atoms. The van der Waals surface area contributed by atoms with Gasteiger partial charge in [-0.05, 0) is 19.1 Å². The number of hydrogen-bond acceptors (Lipinski definition) is 5. The summed E-state index contributed by atoms with van der Waals surface area (Å²) in [7, 11) is 1.81. The summed E-state index contributed by atoms with van der Waals surface area (Å²) in [5, 5.41) is 9.73. The molecule has 0 atom stereocenters. The topological polar surface area (TPSA) is 73.0 Å². The SMILES string of the molecule is Cc1ccc(-c2nc(C(=O)Nc3cc(C(C)(C)C)nn3C)cs2)o1. The van der Waals surface area contributed by atoms with Gasteiger partial charge in [0.1, 0.15) is 17.3 Å². The molecule has 1 N–H and O–H groups in total. The first kappa shape index (κ1) is 16.4. The molecule has 7 heteroatoms. The molecular weight excluding hydrogens is 324 g/mol. The minimum Gasteiger partial charge on any atom is -0.459 e. The summed E-state index contributed by atoms with van der Waals surface area (Å²) in [6, 6.07) is 5.62. The van der Waals surface area contributed by atoms with Crippen molar-refractivity contribution in [3.63, 3.8) is 0 Å². The van der Waals surface area contributed by atoms with Crippen molar-refractivity contribution >= 4 is 23.1 Å². The molecule has 3 rings (SSSR count). The molecule has 0 aromatic carbocycles. The van der Waals surface area contributed by atoms with E-state index in [0.29, 0.717) is 22.3 Å². The van der Waals surface area contributed by atoms with Crippen LogP contribution in [0.15, 0.2) is 28.0 Å². The lowest BCUT2D eigenvalue weighted by atomic mass is 9.92. The van der Waals surface area contributed by atoms with Crippen molar-refractivity contribution in [3.8, 4) is 10.8 Å². The van der Waals surface area contributed by atoms with E-state index in [0.717, 1.165) is 11.5 Å². The Hall–Kier alpha value is -2.41. The summed E-state index contributed by atoms with van der Waals surface area (Å²) >= 11 is 1.38. The van der Waals surface area contributed by atoms with Gasteiger partial charge in [-0.25, -0.2) is 4.98 Å². The van der Waals surface area contributed by atoms with Crippen molar-refractivity contribution in [2.24, 2.45) is 7.05 Å². The predicted molar refractivity (Wildman–Crippen MR) is 94.4 cm³/mol. The Morgan fingerprint density at radius 2 is 2.08 bits per heavy atom. The molecule has 0 aliphatic heterocycles. The number of nitrogens with zero attached hydrogens (tertiary/aromatic N) is 3. The van der Waals surface area contributed by atoms with E-state index in [-0.39, 0.29) is 11.3 Å². The second-order valence-corrected chi connectivity index (χ2v) is 7.55. The first-order valence-corrected chi connectivity index (χ1v) is 8.50. The summed E-state index contributed by atoms with van der Waals surface area (Å²) in [5.74, 6) is 1.88. The number of amides is 1.